The van der Waals surface area contributed by atoms with E-state index in [-0.39, 0.29) is 12.3 Å². The quantitative estimate of drug-likeness (QED) is 0.861. The van der Waals surface area contributed by atoms with Crippen LogP contribution in [0.1, 0.15) is 12.8 Å². The van der Waals surface area contributed by atoms with Gasteiger partial charge in [-0.15, -0.1) is 0 Å². The summed E-state index contributed by atoms with van der Waals surface area (Å²) in [5.74, 6) is 0. The van der Waals surface area contributed by atoms with E-state index in [0.29, 0.717) is 12.6 Å². The van der Waals surface area contributed by atoms with Crippen LogP contribution in [0.25, 0.3) is 0 Å². The Kier molecular flexibility index (Phi) is 3.55. The van der Waals surface area contributed by atoms with Crippen LogP contribution in [0.2, 0.25) is 0 Å². The summed E-state index contributed by atoms with van der Waals surface area (Å²) in [5.41, 5.74) is 1.17. The van der Waals surface area contributed by atoms with Gasteiger partial charge < -0.3 is 15.0 Å². The Morgan fingerprint density at radius 2 is 2.11 bits per heavy atom. The molecule has 1 amide bonds. The average molecular weight is 261 g/mol. The summed E-state index contributed by atoms with van der Waals surface area (Å²) in [6.07, 6.45) is 1.59. The highest BCUT2D eigenvalue weighted by Gasteiger charge is 2.27. The molecule has 5 heteroatoms. The van der Waals surface area contributed by atoms with E-state index in [0.717, 1.165) is 25.9 Å². The van der Waals surface area contributed by atoms with Gasteiger partial charge in [0.05, 0.1) is 6.54 Å². The first kappa shape index (κ1) is 12.3. The number of nitrogens with zero attached hydrogens (tertiary/aromatic N) is 1. The summed E-state index contributed by atoms with van der Waals surface area (Å²) >= 11 is 0. The van der Waals surface area contributed by atoms with Crippen molar-refractivity contribution < 1.29 is 9.53 Å². The van der Waals surface area contributed by atoms with Crippen LogP contribution in [-0.4, -0.2) is 38.0 Å². The molecule has 19 heavy (non-hydrogen) atoms. The Balaban J connectivity index is 1.54. The molecule has 102 valence electrons. The fourth-order valence-electron chi connectivity index (χ4n) is 2.23. The Labute approximate surface area is 112 Å². The third-order valence-electron chi connectivity index (χ3n) is 3.41. The molecule has 0 radical (unpaired) electrons. The fraction of sp³-hybridized carbons (Fsp3) is 0.500. The predicted octanol–water partition coefficient (Wildman–Crippen LogP) is 1.31. The molecule has 2 fully saturated rings. The number of carbonyl (C=O) groups is 1. The lowest BCUT2D eigenvalue weighted by Gasteiger charge is -2.34. The molecule has 0 spiro atoms. The molecule has 1 aromatic carbocycles. The number of hydrogen-bond acceptors (Lipinski definition) is 4. The number of anilines is 1. The van der Waals surface area contributed by atoms with E-state index in [4.69, 9.17) is 4.74 Å². The average Bonchev–Trinajstić information content (AvgIpc) is 3.24. The summed E-state index contributed by atoms with van der Waals surface area (Å²) in [5, 5.41) is 6.05. The zero-order chi connectivity index (χ0) is 13.1. The highest BCUT2D eigenvalue weighted by molar-refractivity contribution is 5.68. The lowest BCUT2D eigenvalue weighted by molar-refractivity contribution is 0.0748. The molecule has 0 unspecified atom stereocenters. The van der Waals surface area contributed by atoms with E-state index in [1.54, 1.807) is 0 Å². The summed E-state index contributed by atoms with van der Waals surface area (Å²) < 4.78 is 5.39. The number of hydrogen-bond donors (Lipinski definition) is 2. The van der Waals surface area contributed by atoms with Crippen LogP contribution in [-0.2, 0) is 4.74 Å². The van der Waals surface area contributed by atoms with E-state index in [1.165, 1.54) is 5.69 Å². The summed E-state index contributed by atoms with van der Waals surface area (Å²) in [7, 11) is 0. The molecule has 2 N–H and O–H groups in total. The molecule has 1 aliphatic heterocycles. The zero-order valence-corrected chi connectivity index (χ0v) is 10.8. The highest BCUT2D eigenvalue weighted by Crippen LogP contribution is 2.19. The van der Waals surface area contributed by atoms with Crippen LogP contribution < -0.4 is 15.5 Å². The topological polar surface area (TPSA) is 53.6 Å². The molecule has 1 saturated carbocycles. The third kappa shape index (κ3) is 3.38. The van der Waals surface area contributed by atoms with Crippen molar-refractivity contribution in [3.8, 4) is 0 Å². The van der Waals surface area contributed by atoms with Gasteiger partial charge in [-0.1, -0.05) is 18.2 Å². The lowest BCUT2D eigenvalue weighted by Crippen LogP contribution is -2.53. The van der Waals surface area contributed by atoms with Crippen molar-refractivity contribution in [3.63, 3.8) is 0 Å². The van der Waals surface area contributed by atoms with Gasteiger partial charge >= 0.3 is 6.09 Å². The number of ether oxygens (including phenoxy) is 1. The van der Waals surface area contributed by atoms with Crippen molar-refractivity contribution in [2.24, 2.45) is 0 Å². The summed E-state index contributed by atoms with van der Waals surface area (Å²) in [4.78, 5) is 13.8. The molecular formula is C14H19N3O2. The fourth-order valence-corrected chi connectivity index (χ4v) is 2.23. The first-order valence-electron chi connectivity index (χ1n) is 6.82. The normalized spacial score (nSPS) is 22.9. The van der Waals surface area contributed by atoms with Gasteiger partial charge in [-0.25, -0.2) is 4.79 Å². The molecule has 5 nitrogen and oxygen atoms in total. The van der Waals surface area contributed by atoms with Gasteiger partial charge in [0.25, 0.3) is 0 Å². The zero-order valence-electron chi connectivity index (χ0n) is 10.8. The maximum atomic E-state index is 11.6. The molecule has 1 aliphatic carbocycles. The summed E-state index contributed by atoms with van der Waals surface area (Å²) in [6.45, 7) is 2.42. The number of nitrogens with one attached hydrogen (secondary N) is 2. The molecule has 2 aliphatic rings. The second kappa shape index (κ2) is 5.48. The number of para-hydroxylation sites is 1. The number of benzene rings is 1. The second-order valence-corrected chi connectivity index (χ2v) is 5.05. The number of amides is 1. The molecule has 3 rings (SSSR count). The Hall–Kier alpha value is -1.75. The SMILES string of the molecule is O=C(NC1CC1)O[C@H]1CN(c2ccccc2)CCN1. The molecule has 1 heterocycles. The molecular weight excluding hydrogens is 242 g/mol. The van der Waals surface area contributed by atoms with E-state index in [1.807, 2.05) is 18.2 Å². The third-order valence-corrected chi connectivity index (χ3v) is 3.41. The van der Waals surface area contributed by atoms with Crippen LogP contribution in [0.15, 0.2) is 30.3 Å². The monoisotopic (exact) mass is 261 g/mol. The van der Waals surface area contributed by atoms with Crippen molar-refractivity contribution in [2.75, 3.05) is 24.5 Å². The van der Waals surface area contributed by atoms with Crippen molar-refractivity contribution in [1.82, 2.24) is 10.6 Å². The van der Waals surface area contributed by atoms with E-state index in [2.05, 4.69) is 27.7 Å². The van der Waals surface area contributed by atoms with Gasteiger partial charge in [-0.3, -0.25) is 5.32 Å². The number of alkyl carbamates (subject to hydrolysis) is 1. The van der Waals surface area contributed by atoms with E-state index >= 15 is 0 Å². The largest absolute Gasteiger partial charge is 0.428 e. The predicted molar refractivity (Wildman–Crippen MR) is 73.1 cm³/mol. The minimum Gasteiger partial charge on any atom is -0.428 e. The minimum absolute atomic E-state index is 0.243. The van der Waals surface area contributed by atoms with Gasteiger partial charge in [0.2, 0.25) is 0 Å². The molecule has 1 aromatic rings. The van der Waals surface area contributed by atoms with Gasteiger partial charge in [0.1, 0.15) is 0 Å². The van der Waals surface area contributed by atoms with E-state index in [9.17, 15) is 4.79 Å². The van der Waals surface area contributed by atoms with Crippen molar-refractivity contribution >= 4 is 11.8 Å². The van der Waals surface area contributed by atoms with Gasteiger partial charge in [-0.05, 0) is 25.0 Å². The van der Waals surface area contributed by atoms with E-state index < -0.39 is 0 Å². The smallest absolute Gasteiger partial charge is 0.408 e. The Bertz CT molecular complexity index is 434. The molecule has 1 saturated heterocycles. The molecule has 1 atom stereocenters. The maximum absolute atomic E-state index is 11.6. The van der Waals surface area contributed by atoms with Crippen LogP contribution in [0.5, 0.6) is 0 Å². The minimum atomic E-state index is -0.310. The van der Waals surface area contributed by atoms with Crippen molar-refractivity contribution in [1.29, 1.82) is 0 Å². The number of carbonyl (C=O) groups excluding carboxylic acids is 1. The number of piperazine rings is 1. The van der Waals surface area contributed by atoms with Crippen molar-refractivity contribution in [2.45, 2.75) is 25.1 Å². The molecule has 0 aromatic heterocycles. The maximum Gasteiger partial charge on any atom is 0.408 e. The van der Waals surface area contributed by atoms with Gasteiger partial charge in [-0.2, -0.15) is 0 Å². The number of rotatable bonds is 3. The highest BCUT2D eigenvalue weighted by atomic mass is 16.6. The van der Waals surface area contributed by atoms with Crippen LogP contribution >= 0.6 is 0 Å². The summed E-state index contributed by atoms with van der Waals surface area (Å²) in [6, 6.07) is 10.5. The first-order valence-corrected chi connectivity index (χ1v) is 6.82. The van der Waals surface area contributed by atoms with Crippen molar-refractivity contribution in [3.05, 3.63) is 30.3 Å². The van der Waals surface area contributed by atoms with Crippen LogP contribution in [0.3, 0.4) is 0 Å². The van der Waals surface area contributed by atoms with Gasteiger partial charge in [0.15, 0.2) is 6.23 Å². The Morgan fingerprint density at radius 1 is 1.32 bits per heavy atom. The molecule has 0 bridgehead atoms. The first-order chi connectivity index (χ1) is 9.31. The van der Waals surface area contributed by atoms with Crippen LogP contribution in [0, 0.1) is 0 Å². The Morgan fingerprint density at radius 3 is 2.84 bits per heavy atom. The van der Waals surface area contributed by atoms with Gasteiger partial charge in [0, 0.05) is 24.8 Å². The second-order valence-electron chi connectivity index (χ2n) is 5.05. The standard InChI is InChI=1S/C14H19N3O2/c18-14(16-11-6-7-11)19-13-10-17(9-8-15-13)12-4-2-1-3-5-12/h1-5,11,13,15H,6-10H2,(H,16,18)/t13-/m0/s1. The lowest BCUT2D eigenvalue weighted by atomic mass is 10.2. The van der Waals surface area contributed by atoms with Crippen LogP contribution in [0.4, 0.5) is 10.5 Å².